The van der Waals surface area contributed by atoms with Crippen LogP contribution in [0.3, 0.4) is 0 Å². The van der Waals surface area contributed by atoms with E-state index in [1.807, 2.05) is 6.92 Å². The highest BCUT2D eigenvalue weighted by atomic mass is 32.2. The Kier molecular flexibility index (Phi) is 4.36. The van der Waals surface area contributed by atoms with E-state index in [1.54, 1.807) is 25.1 Å². The van der Waals surface area contributed by atoms with Crippen molar-refractivity contribution >= 4 is 10.0 Å². The van der Waals surface area contributed by atoms with E-state index >= 15 is 0 Å². The lowest BCUT2D eigenvalue weighted by molar-refractivity contribution is 0.233. The fourth-order valence-electron chi connectivity index (χ4n) is 2.26. The van der Waals surface area contributed by atoms with Crippen LogP contribution in [0.25, 0.3) is 0 Å². The van der Waals surface area contributed by atoms with Gasteiger partial charge in [0.2, 0.25) is 10.0 Å². The minimum atomic E-state index is -3.59. The van der Waals surface area contributed by atoms with Crippen molar-refractivity contribution in [2.45, 2.75) is 43.5 Å². The van der Waals surface area contributed by atoms with Crippen LogP contribution in [-0.4, -0.2) is 32.3 Å². The molecular formula is C14H21NO4S. The highest BCUT2D eigenvalue weighted by Crippen LogP contribution is 2.28. The molecule has 1 aliphatic heterocycles. The molecule has 1 unspecified atom stereocenters. The molecule has 0 fully saturated rings. The summed E-state index contributed by atoms with van der Waals surface area (Å²) in [6.07, 6.45) is 1.73. The first-order chi connectivity index (χ1) is 9.40. The van der Waals surface area contributed by atoms with Gasteiger partial charge in [-0.1, -0.05) is 6.92 Å². The Labute approximate surface area is 120 Å². The molecule has 112 valence electrons. The van der Waals surface area contributed by atoms with E-state index in [9.17, 15) is 8.42 Å². The molecule has 0 radical (unpaired) electrons. The van der Waals surface area contributed by atoms with Crippen molar-refractivity contribution in [3.63, 3.8) is 0 Å². The number of benzene rings is 1. The standard InChI is InChI=1S/C14H21NO4S/c1-3-14(2,7-8-16)15-20(17,18)12-4-5-13-11(10-12)6-9-19-13/h4-5,10,15-16H,3,6-9H2,1-2H3. The SMILES string of the molecule is CCC(C)(CCO)NS(=O)(=O)c1ccc2c(c1)CCO2. The monoisotopic (exact) mass is 299 g/mol. The average Bonchev–Trinajstić information content (AvgIpc) is 2.85. The first-order valence-corrected chi connectivity index (χ1v) is 8.29. The second-order valence-corrected chi connectivity index (χ2v) is 7.04. The van der Waals surface area contributed by atoms with Gasteiger partial charge >= 0.3 is 0 Å². The Morgan fingerprint density at radius 1 is 1.45 bits per heavy atom. The van der Waals surface area contributed by atoms with Crippen LogP contribution in [0.2, 0.25) is 0 Å². The van der Waals surface area contributed by atoms with Crippen LogP contribution in [-0.2, 0) is 16.4 Å². The summed E-state index contributed by atoms with van der Waals surface area (Å²) >= 11 is 0. The molecule has 20 heavy (non-hydrogen) atoms. The summed E-state index contributed by atoms with van der Waals surface area (Å²) in [6.45, 7) is 4.25. The summed E-state index contributed by atoms with van der Waals surface area (Å²) in [4.78, 5) is 0.249. The number of hydrogen-bond acceptors (Lipinski definition) is 4. The second kappa shape index (κ2) is 5.71. The number of ether oxygens (including phenoxy) is 1. The van der Waals surface area contributed by atoms with Crippen LogP contribution >= 0.6 is 0 Å². The Balaban J connectivity index is 2.26. The average molecular weight is 299 g/mol. The number of sulfonamides is 1. The molecule has 6 heteroatoms. The van der Waals surface area contributed by atoms with Gasteiger partial charge in [0.05, 0.1) is 11.5 Å². The highest BCUT2D eigenvalue weighted by Gasteiger charge is 2.29. The molecule has 2 N–H and O–H groups in total. The smallest absolute Gasteiger partial charge is 0.241 e. The van der Waals surface area contributed by atoms with E-state index in [0.717, 1.165) is 17.7 Å². The Bertz CT molecular complexity index is 585. The number of aliphatic hydroxyl groups is 1. The van der Waals surface area contributed by atoms with Crippen LogP contribution < -0.4 is 9.46 Å². The predicted molar refractivity (Wildman–Crippen MR) is 76.4 cm³/mol. The molecule has 0 bridgehead atoms. The van der Waals surface area contributed by atoms with Gasteiger partial charge in [-0.2, -0.15) is 0 Å². The minimum Gasteiger partial charge on any atom is -0.493 e. The van der Waals surface area contributed by atoms with Gasteiger partial charge in [0.15, 0.2) is 0 Å². The molecule has 5 nitrogen and oxygen atoms in total. The molecular weight excluding hydrogens is 278 g/mol. The third-order valence-electron chi connectivity index (χ3n) is 3.80. The zero-order valence-corrected chi connectivity index (χ0v) is 12.7. The normalized spacial score (nSPS) is 17.4. The van der Waals surface area contributed by atoms with E-state index in [-0.39, 0.29) is 11.5 Å². The predicted octanol–water partition coefficient (Wildman–Crippen LogP) is 1.45. The maximum atomic E-state index is 12.4. The van der Waals surface area contributed by atoms with Gasteiger partial charge in [0.25, 0.3) is 0 Å². The summed E-state index contributed by atoms with van der Waals surface area (Å²) in [5.41, 5.74) is 0.288. The molecule has 0 amide bonds. The van der Waals surface area contributed by atoms with Crippen molar-refractivity contribution in [3.05, 3.63) is 23.8 Å². The van der Waals surface area contributed by atoms with Gasteiger partial charge in [0, 0.05) is 18.6 Å². The minimum absolute atomic E-state index is 0.0507. The lowest BCUT2D eigenvalue weighted by Gasteiger charge is -2.28. The van der Waals surface area contributed by atoms with Crippen LogP contribution in [0.1, 0.15) is 32.3 Å². The molecule has 1 heterocycles. The van der Waals surface area contributed by atoms with Crippen LogP contribution in [0.5, 0.6) is 5.75 Å². The van der Waals surface area contributed by atoms with Crippen molar-refractivity contribution in [2.24, 2.45) is 0 Å². The topological polar surface area (TPSA) is 75.6 Å². The number of rotatable bonds is 6. The number of hydrogen-bond donors (Lipinski definition) is 2. The van der Waals surface area contributed by atoms with Crippen molar-refractivity contribution in [2.75, 3.05) is 13.2 Å². The number of aliphatic hydroxyl groups excluding tert-OH is 1. The van der Waals surface area contributed by atoms with Gasteiger partial charge < -0.3 is 9.84 Å². The molecule has 2 rings (SSSR count). The van der Waals surface area contributed by atoms with Gasteiger partial charge in [-0.15, -0.1) is 0 Å². The summed E-state index contributed by atoms with van der Waals surface area (Å²) in [7, 11) is -3.59. The van der Waals surface area contributed by atoms with Crippen molar-refractivity contribution in [1.82, 2.24) is 4.72 Å². The van der Waals surface area contributed by atoms with Gasteiger partial charge in [0.1, 0.15) is 5.75 Å². The molecule has 1 aromatic carbocycles. The first kappa shape index (κ1) is 15.3. The largest absolute Gasteiger partial charge is 0.493 e. The highest BCUT2D eigenvalue weighted by molar-refractivity contribution is 7.89. The third kappa shape index (κ3) is 3.13. The van der Waals surface area contributed by atoms with Crippen LogP contribution in [0, 0.1) is 0 Å². The van der Waals surface area contributed by atoms with E-state index in [4.69, 9.17) is 9.84 Å². The zero-order chi connectivity index (χ0) is 14.8. The maximum absolute atomic E-state index is 12.4. The molecule has 0 aliphatic carbocycles. The molecule has 0 spiro atoms. The number of fused-ring (bicyclic) bond motifs is 1. The summed E-state index contributed by atoms with van der Waals surface area (Å²) in [6, 6.07) is 4.92. The van der Waals surface area contributed by atoms with E-state index in [1.165, 1.54) is 0 Å². The van der Waals surface area contributed by atoms with Crippen LogP contribution in [0.4, 0.5) is 0 Å². The van der Waals surface area contributed by atoms with Gasteiger partial charge in [-0.25, -0.2) is 13.1 Å². The van der Waals surface area contributed by atoms with Gasteiger partial charge in [-0.05, 0) is 43.5 Å². The Hall–Kier alpha value is -1.11. The van der Waals surface area contributed by atoms with Crippen molar-refractivity contribution in [1.29, 1.82) is 0 Å². The van der Waals surface area contributed by atoms with E-state index in [2.05, 4.69) is 4.72 Å². The summed E-state index contributed by atoms with van der Waals surface area (Å²) < 4.78 is 33.0. The second-order valence-electron chi connectivity index (χ2n) is 5.36. The summed E-state index contributed by atoms with van der Waals surface area (Å²) in [5, 5.41) is 9.08. The molecule has 0 saturated carbocycles. The lowest BCUT2D eigenvalue weighted by atomic mass is 9.97. The van der Waals surface area contributed by atoms with Crippen LogP contribution in [0.15, 0.2) is 23.1 Å². The summed E-state index contributed by atoms with van der Waals surface area (Å²) in [5.74, 6) is 0.762. The van der Waals surface area contributed by atoms with Crippen molar-refractivity contribution in [3.8, 4) is 5.75 Å². The molecule has 0 saturated heterocycles. The quantitative estimate of drug-likeness (QED) is 0.833. The fraction of sp³-hybridized carbons (Fsp3) is 0.571. The molecule has 1 aliphatic rings. The lowest BCUT2D eigenvalue weighted by Crippen LogP contribution is -2.46. The Morgan fingerprint density at radius 3 is 2.85 bits per heavy atom. The van der Waals surface area contributed by atoms with Crippen molar-refractivity contribution < 1.29 is 18.3 Å². The first-order valence-electron chi connectivity index (χ1n) is 6.81. The third-order valence-corrected chi connectivity index (χ3v) is 5.43. The zero-order valence-electron chi connectivity index (χ0n) is 11.8. The van der Waals surface area contributed by atoms with E-state index in [0.29, 0.717) is 19.4 Å². The molecule has 0 aromatic heterocycles. The van der Waals surface area contributed by atoms with E-state index < -0.39 is 15.6 Å². The number of nitrogens with one attached hydrogen (secondary N) is 1. The van der Waals surface area contributed by atoms with Gasteiger partial charge in [-0.3, -0.25) is 0 Å². The Morgan fingerprint density at radius 2 is 2.20 bits per heavy atom. The fourth-order valence-corrected chi connectivity index (χ4v) is 3.82. The maximum Gasteiger partial charge on any atom is 0.241 e. The molecule has 1 aromatic rings. The molecule has 1 atom stereocenters.